The number of aryl methyl sites for hydroxylation is 1. The van der Waals surface area contributed by atoms with E-state index in [1.807, 2.05) is 6.07 Å². The average molecular weight is 275 g/mol. The molecule has 1 saturated carbocycles. The van der Waals surface area contributed by atoms with Crippen LogP contribution in [0, 0.1) is 11.3 Å². The first-order valence-electron chi connectivity index (χ1n) is 7.55. The largest absolute Gasteiger partial charge is 0.469 e. The molecule has 0 spiro atoms. The first-order valence-corrected chi connectivity index (χ1v) is 7.55. The molecule has 0 heterocycles. The third kappa shape index (κ3) is 3.40. The Morgan fingerprint density at radius 2 is 2.00 bits per heavy atom. The van der Waals surface area contributed by atoms with Crippen LogP contribution in [0.1, 0.15) is 37.7 Å². The highest BCUT2D eigenvalue weighted by Gasteiger charge is 2.50. The van der Waals surface area contributed by atoms with E-state index >= 15 is 0 Å². The van der Waals surface area contributed by atoms with Gasteiger partial charge in [0, 0.05) is 6.54 Å². The topological polar surface area (TPSA) is 52.3 Å². The van der Waals surface area contributed by atoms with Crippen molar-refractivity contribution in [3.8, 4) is 0 Å². The summed E-state index contributed by atoms with van der Waals surface area (Å²) >= 11 is 0. The number of unbranched alkanes of at least 4 members (excludes halogenated alkanes) is 1. The lowest BCUT2D eigenvalue weighted by molar-refractivity contribution is -0.154. The summed E-state index contributed by atoms with van der Waals surface area (Å²) in [4.78, 5) is 12.1. The molecule has 1 aromatic rings. The van der Waals surface area contributed by atoms with Gasteiger partial charge in [0.05, 0.1) is 12.5 Å². The number of methoxy groups -OCH3 is 1. The van der Waals surface area contributed by atoms with E-state index in [2.05, 4.69) is 24.3 Å². The van der Waals surface area contributed by atoms with E-state index in [-0.39, 0.29) is 5.97 Å². The molecule has 2 N–H and O–H groups in total. The minimum atomic E-state index is -0.425. The molecule has 0 aliphatic heterocycles. The summed E-state index contributed by atoms with van der Waals surface area (Å²) in [6.07, 6.45) is 6.27. The van der Waals surface area contributed by atoms with Gasteiger partial charge >= 0.3 is 5.97 Å². The van der Waals surface area contributed by atoms with Crippen LogP contribution in [-0.2, 0) is 16.0 Å². The molecule has 0 bridgehead atoms. The van der Waals surface area contributed by atoms with Crippen LogP contribution in [0.15, 0.2) is 30.3 Å². The molecule has 20 heavy (non-hydrogen) atoms. The lowest BCUT2D eigenvalue weighted by atomic mass is 9.77. The highest BCUT2D eigenvalue weighted by molar-refractivity contribution is 5.78. The number of esters is 1. The summed E-state index contributed by atoms with van der Waals surface area (Å²) in [5.74, 6) is 0.332. The van der Waals surface area contributed by atoms with Gasteiger partial charge in [-0.2, -0.15) is 0 Å². The molecule has 0 saturated heterocycles. The van der Waals surface area contributed by atoms with Crippen molar-refractivity contribution in [2.24, 2.45) is 17.1 Å². The van der Waals surface area contributed by atoms with Crippen LogP contribution in [0.4, 0.5) is 0 Å². The first-order chi connectivity index (χ1) is 9.73. The van der Waals surface area contributed by atoms with E-state index in [0.717, 1.165) is 38.5 Å². The zero-order valence-corrected chi connectivity index (χ0v) is 12.3. The molecule has 1 aromatic carbocycles. The van der Waals surface area contributed by atoms with E-state index < -0.39 is 5.41 Å². The lowest BCUT2D eigenvalue weighted by Gasteiger charge is -2.29. The quantitative estimate of drug-likeness (QED) is 0.586. The minimum Gasteiger partial charge on any atom is -0.469 e. The van der Waals surface area contributed by atoms with E-state index in [1.54, 1.807) is 0 Å². The fourth-order valence-corrected chi connectivity index (χ4v) is 3.08. The molecule has 0 radical (unpaired) electrons. The lowest BCUT2D eigenvalue weighted by Crippen LogP contribution is -2.41. The fraction of sp³-hybridized carbons (Fsp3) is 0.588. The molecule has 0 amide bonds. The van der Waals surface area contributed by atoms with Gasteiger partial charge in [-0.3, -0.25) is 4.79 Å². The van der Waals surface area contributed by atoms with Gasteiger partial charge in [-0.25, -0.2) is 0 Å². The standard InChI is InChI=1S/C17H25NO2/c1-20-16(19)17(13-18,15-10-11-15)12-6-5-9-14-7-3-2-4-8-14/h2-4,7-8,15H,5-6,9-13,18H2,1H3. The maximum Gasteiger partial charge on any atom is 0.313 e. The maximum absolute atomic E-state index is 12.1. The molecular weight excluding hydrogens is 250 g/mol. The number of carbonyl (C=O) groups excluding carboxylic acids is 1. The van der Waals surface area contributed by atoms with E-state index in [4.69, 9.17) is 10.5 Å². The third-order valence-electron chi connectivity index (χ3n) is 4.50. The summed E-state index contributed by atoms with van der Waals surface area (Å²) in [7, 11) is 1.47. The number of ether oxygens (including phenoxy) is 1. The maximum atomic E-state index is 12.1. The van der Waals surface area contributed by atoms with Crippen molar-refractivity contribution in [3.63, 3.8) is 0 Å². The van der Waals surface area contributed by atoms with Crippen molar-refractivity contribution in [1.29, 1.82) is 0 Å². The molecule has 0 aromatic heterocycles. The number of hydrogen-bond acceptors (Lipinski definition) is 3. The van der Waals surface area contributed by atoms with Gasteiger partial charge in [0.25, 0.3) is 0 Å². The second kappa shape index (κ2) is 6.89. The second-order valence-corrected chi connectivity index (χ2v) is 5.82. The number of nitrogens with two attached hydrogens (primary N) is 1. The molecule has 1 fully saturated rings. The summed E-state index contributed by atoms with van der Waals surface area (Å²) in [5.41, 5.74) is 6.85. The minimum absolute atomic E-state index is 0.109. The molecular formula is C17H25NO2. The Balaban J connectivity index is 1.85. The van der Waals surface area contributed by atoms with Gasteiger partial charge in [0.15, 0.2) is 0 Å². The van der Waals surface area contributed by atoms with Crippen LogP contribution < -0.4 is 5.73 Å². The Kier molecular flexibility index (Phi) is 5.18. The molecule has 1 aliphatic carbocycles. The van der Waals surface area contributed by atoms with Crippen molar-refractivity contribution < 1.29 is 9.53 Å². The third-order valence-corrected chi connectivity index (χ3v) is 4.50. The molecule has 110 valence electrons. The number of hydrogen-bond donors (Lipinski definition) is 1. The summed E-state index contributed by atoms with van der Waals surface area (Å²) in [5, 5.41) is 0. The summed E-state index contributed by atoms with van der Waals surface area (Å²) in [6.45, 7) is 0.412. The number of benzene rings is 1. The predicted octanol–water partition coefficient (Wildman–Crippen LogP) is 2.93. The Hall–Kier alpha value is -1.35. The van der Waals surface area contributed by atoms with Gasteiger partial charge in [0.2, 0.25) is 0 Å². The van der Waals surface area contributed by atoms with Crippen LogP contribution in [-0.4, -0.2) is 19.6 Å². The van der Waals surface area contributed by atoms with Crippen LogP contribution in [0.25, 0.3) is 0 Å². The summed E-state index contributed by atoms with van der Waals surface area (Å²) in [6, 6.07) is 10.5. The molecule has 3 nitrogen and oxygen atoms in total. The normalized spacial score (nSPS) is 17.5. The number of rotatable bonds is 8. The van der Waals surface area contributed by atoms with Gasteiger partial charge in [0.1, 0.15) is 0 Å². The van der Waals surface area contributed by atoms with Crippen molar-refractivity contribution in [3.05, 3.63) is 35.9 Å². The highest BCUT2D eigenvalue weighted by Crippen LogP contribution is 2.48. The molecule has 1 unspecified atom stereocenters. The zero-order chi connectivity index (χ0) is 14.4. The van der Waals surface area contributed by atoms with Gasteiger partial charge < -0.3 is 10.5 Å². The van der Waals surface area contributed by atoms with E-state index in [0.29, 0.717) is 12.5 Å². The van der Waals surface area contributed by atoms with Gasteiger partial charge in [-0.1, -0.05) is 36.8 Å². The van der Waals surface area contributed by atoms with Crippen molar-refractivity contribution >= 4 is 5.97 Å². The second-order valence-electron chi connectivity index (χ2n) is 5.82. The molecule has 1 aliphatic rings. The molecule has 1 atom stereocenters. The summed E-state index contributed by atoms with van der Waals surface area (Å²) < 4.78 is 5.00. The molecule has 3 heteroatoms. The SMILES string of the molecule is COC(=O)C(CN)(CCCCc1ccccc1)C1CC1. The Bertz CT molecular complexity index is 428. The van der Waals surface area contributed by atoms with Crippen molar-refractivity contribution in [2.75, 3.05) is 13.7 Å². The fourth-order valence-electron chi connectivity index (χ4n) is 3.08. The van der Waals surface area contributed by atoms with Crippen LogP contribution in [0.2, 0.25) is 0 Å². The molecule has 2 rings (SSSR count). The first kappa shape index (κ1) is 15.0. The zero-order valence-electron chi connectivity index (χ0n) is 12.3. The van der Waals surface area contributed by atoms with E-state index in [1.165, 1.54) is 12.7 Å². The van der Waals surface area contributed by atoms with E-state index in [9.17, 15) is 4.79 Å². The Labute approximate surface area is 121 Å². The van der Waals surface area contributed by atoms with Crippen LogP contribution in [0.5, 0.6) is 0 Å². The van der Waals surface area contributed by atoms with Crippen molar-refractivity contribution in [1.82, 2.24) is 0 Å². The van der Waals surface area contributed by atoms with Crippen molar-refractivity contribution in [2.45, 2.75) is 38.5 Å². The van der Waals surface area contributed by atoms with Gasteiger partial charge in [-0.05, 0) is 43.6 Å². The Morgan fingerprint density at radius 3 is 2.55 bits per heavy atom. The monoisotopic (exact) mass is 275 g/mol. The van der Waals surface area contributed by atoms with Crippen LogP contribution in [0.3, 0.4) is 0 Å². The highest BCUT2D eigenvalue weighted by atomic mass is 16.5. The van der Waals surface area contributed by atoms with Crippen LogP contribution >= 0.6 is 0 Å². The predicted molar refractivity (Wildman–Crippen MR) is 80.2 cm³/mol. The van der Waals surface area contributed by atoms with Gasteiger partial charge in [-0.15, -0.1) is 0 Å². The smallest absolute Gasteiger partial charge is 0.313 e. The Morgan fingerprint density at radius 1 is 1.30 bits per heavy atom. The number of carbonyl (C=O) groups is 1. The average Bonchev–Trinajstić information content (AvgIpc) is 3.33.